The van der Waals surface area contributed by atoms with Gasteiger partial charge >= 0.3 is 5.97 Å². The number of aliphatic imine (C=N–C) groups is 1. The molecule has 4 aliphatic carbocycles. The first-order valence-corrected chi connectivity index (χ1v) is 26.1. The van der Waals surface area contributed by atoms with Crippen molar-refractivity contribution in [2.45, 2.75) is 171 Å². The van der Waals surface area contributed by atoms with Gasteiger partial charge in [-0.3, -0.25) is 4.79 Å². The number of fused-ring (bicyclic) bond motifs is 5. The summed E-state index contributed by atoms with van der Waals surface area (Å²) in [5, 5.41) is 57.6. The predicted molar refractivity (Wildman–Crippen MR) is 247 cm³/mol. The summed E-state index contributed by atoms with van der Waals surface area (Å²) in [6.07, 6.45) is 16.7. The minimum Gasteiger partial charge on any atom is -0.504 e. The van der Waals surface area contributed by atoms with Crippen LogP contribution in [0.15, 0.2) is 29.3 Å². The number of carbonyl (C=O) groups is 1. The van der Waals surface area contributed by atoms with Crippen molar-refractivity contribution in [2.24, 2.45) is 33.4 Å². The zero-order valence-corrected chi connectivity index (χ0v) is 38.3. The van der Waals surface area contributed by atoms with Crippen molar-refractivity contribution in [1.82, 2.24) is 16.0 Å². The third-order valence-corrected chi connectivity index (χ3v) is 18.2. The lowest BCUT2D eigenvalue weighted by Crippen LogP contribution is -2.59. The first-order valence-electron chi connectivity index (χ1n) is 23.6. The lowest BCUT2D eigenvalue weighted by Gasteiger charge is -2.47. The number of rotatable bonds is 2. The Kier molecular flexibility index (Phi) is 14.7. The molecule has 6 bridgehead atoms. The molecule has 62 heavy (non-hydrogen) atoms. The van der Waals surface area contributed by atoms with Crippen LogP contribution in [0, 0.1) is 34.5 Å². The summed E-state index contributed by atoms with van der Waals surface area (Å²) in [5.74, 6) is 8.89. The predicted octanol–water partition coefficient (Wildman–Crippen LogP) is 5.63. The molecular weight excluding hydrogens is 823 g/mol. The highest BCUT2D eigenvalue weighted by Crippen LogP contribution is 2.53. The van der Waals surface area contributed by atoms with Crippen LogP contribution in [0.3, 0.4) is 0 Å². The van der Waals surface area contributed by atoms with Crippen molar-refractivity contribution < 1.29 is 34.7 Å². The molecule has 3 heterocycles. The van der Waals surface area contributed by atoms with Gasteiger partial charge in [0.15, 0.2) is 17.5 Å². The van der Waals surface area contributed by atoms with Crippen LogP contribution in [-0.4, -0.2) is 105 Å². The van der Waals surface area contributed by atoms with E-state index in [1.807, 2.05) is 39.8 Å². The molecule has 7 aliphatic rings. The highest BCUT2D eigenvalue weighted by Gasteiger charge is 2.49. The number of phenolic OH excluding ortho intramolecular Hbond substituents is 1. The summed E-state index contributed by atoms with van der Waals surface area (Å²) >= 11 is 0. The number of piperidine rings is 1. The number of aliphatic hydroxyl groups excluding tert-OH is 3. The van der Waals surface area contributed by atoms with Gasteiger partial charge in [0.2, 0.25) is 0 Å². The van der Waals surface area contributed by atoms with Crippen LogP contribution >= 0.6 is 21.6 Å². The molecule has 0 amide bonds. The second kappa shape index (κ2) is 19.8. The van der Waals surface area contributed by atoms with E-state index >= 15 is 0 Å². The van der Waals surface area contributed by atoms with Crippen LogP contribution in [0.5, 0.6) is 11.5 Å². The second-order valence-corrected chi connectivity index (χ2v) is 22.6. The molecule has 9 N–H and O–H groups in total. The average Bonchev–Trinajstić information content (AvgIpc) is 3.68. The van der Waals surface area contributed by atoms with E-state index in [0.29, 0.717) is 54.8 Å². The smallest absolute Gasteiger partial charge is 0.302 e. The summed E-state index contributed by atoms with van der Waals surface area (Å²) < 4.78 is 12.8. The first kappa shape index (κ1) is 45.9. The van der Waals surface area contributed by atoms with E-state index in [-0.39, 0.29) is 41.9 Å². The topological polar surface area (TPSA) is 191 Å². The number of esters is 1. The quantitative estimate of drug-likeness (QED) is 0.0790. The Morgan fingerprint density at radius 2 is 1.85 bits per heavy atom. The van der Waals surface area contributed by atoms with Crippen LogP contribution < -0.4 is 26.4 Å². The summed E-state index contributed by atoms with van der Waals surface area (Å²) in [7, 11) is 3.84. The first-order chi connectivity index (χ1) is 29.9. The van der Waals surface area contributed by atoms with Crippen molar-refractivity contribution in [1.29, 1.82) is 0 Å². The van der Waals surface area contributed by atoms with E-state index in [1.54, 1.807) is 6.07 Å². The lowest BCUT2D eigenvalue weighted by atomic mass is 9.65. The second-order valence-electron chi connectivity index (χ2n) is 20.0. The Hall–Kier alpha value is -2.64. The van der Waals surface area contributed by atoms with Gasteiger partial charge in [-0.05, 0) is 112 Å². The molecule has 10 atom stereocenters. The van der Waals surface area contributed by atoms with E-state index in [2.05, 4.69) is 27.8 Å². The van der Waals surface area contributed by atoms with Gasteiger partial charge in [0.25, 0.3) is 0 Å². The Balaban J connectivity index is 1.25. The van der Waals surface area contributed by atoms with E-state index in [9.17, 15) is 25.2 Å². The van der Waals surface area contributed by atoms with Crippen LogP contribution in [0.4, 0.5) is 0 Å². The van der Waals surface area contributed by atoms with Crippen molar-refractivity contribution in [3.05, 3.63) is 35.4 Å². The highest BCUT2D eigenvalue weighted by atomic mass is 33.1. The Morgan fingerprint density at radius 1 is 1.03 bits per heavy atom. The van der Waals surface area contributed by atoms with Crippen LogP contribution in [-0.2, 0) is 22.6 Å². The molecule has 0 unspecified atom stereocenters. The van der Waals surface area contributed by atoms with Gasteiger partial charge in [-0.15, -0.1) is 0 Å². The van der Waals surface area contributed by atoms with Crippen molar-refractivity contribution >= 4 is 33.5 Å². The average molecular weight is 894 g/mol. The number of hydrogen-bond acceptors (Lipinski definition) is 14. The van der Waals surface area contributed by atoms with Crippen molar-refractivity contribution in [3.63, 3.8) is 0 Å². The summed E-state index contributed by atoms with van der Waals surface area (Å²) in [6, 6.07) is 2.87. The fourth-order valence-electron chi connectivity index (χ4n) is 12.5. The maximum Gasteiger partial charge on any atom is 0.302 e. The summed E-state index contributed by atoms with van der Waals surface area (Å²) in [6.45, 7) is 3.49. The largest absolute Gasteiger partial charge is 0.504 e. The van der Waals surface area contributed by atoms with Crippen molar-refractivity contribution in [2.75, 3.05) is 31.1 Å². The van der Waals surface area contributed by atoms with Gasteiger partial charge in [0.1, 0.15) is 12.2 Å². The lowest BCUT2D eigenvalue weighted by molar-refractivity contribution is -0.152. The standard InChI is InChI=1S/C48H71N5O7S2/c1-32(55)59-40-26-36(56)11-19-48-18-10-33-7-5-16-46(27-37(12-20-51-46)60-41-25-34(23-38(33)40)35(28-54)24-39(41)57)30-50-21-22-61-62-31-47(17-6-15-45(29-47)13-2-3-14-45)53-44(49)52-42(48)8-4-9-43(48)58/h4,8,24-25,33,36-38,40,42-43,50-51,54,56-58H,2-3,5-7,9,11-17,19-23,26-31H2,1H3,(H3,49,52,53)/t33-,36+,37-,38+,40+,42-,43+,46-,47+,48+/m1/s1. The molecule has 0 radical (unpaired) electrons. The number of benzene rings is 1. The third kappa shape index (κ3) is 10.4. The van der Waals surface area contributed by atoms with Crippen molar-refractivity contribution in [3.8, 4) is 23.3 Å². The molecule has 8 rings (SSSR count). The number of aliphatic hydroxyl groups is 3. The van der Waals surface area contributed by atoms with E-state index in [4.69, 9.17) is 20.2 Å². The van der Waals surface area contributed by atoms with Gasteiger partial charge in [-0.25, -0.2) is 4.99 Å². The molecule has 1 aromatic rings. The highest BCUT2D eigenvalue weighted by molar-refractivity contribution is 8.76. The molecule has 0 aromatic heterocycles. The molecule has 1 saturated heterocycles. The zero-order valence-electron chi connectivity index (χ0n) is 36.7. The molecule has 2 saturated carbocycles. The van der Waals surface area contributed by atoms with E-state index < -0.39 is 41.7 Å². The van der Waals surface area contributed by atoms with Gasteiger partial charge in [-0.2, -0.15) is 0 Å². The number of nitrogens with zero attached hydrogens (tertiary/aromatic N) is 1. The Morgan fingerprint density at radius 3 is 2.68 bits per heavy atom. The monoisotopic (exact) mass is 893 g/mol. The summed E-state index contributed by atoms with van der Waals surface area (Å²) in [4.78, 5) is 18.1. The molecular formula is C48H71N5O7S2. The number of nitrogens with two attached hydrogens (primary N) is 1. The van der Waals surface area contributed by atoms with Crippen LogP contribution in [0.1, 0.15) is 127 Å². The number of aromatic hydroxyl groups is 1. The molecule has 4 spiro atoms. The zero-order chi connectivity index (χ0) is 43.4. The molecule has 14 heteroatoms. The number of ether oxygens (including phenoxy) is 2. The SMILES string of the molecule is CC(=O)O[C@H]1C[C@@H](O)CC[C@@]23C#C[C@H]4CCC[C@]5(CNCCSSC[C@@]6(CCCC7(CCCC7)C6)NC(N)=N[C@@H]2C=CC[C@@H]3O)C[C@@H](CCN5)Oc2cc(c(CO)cc2O)C[C@H]14. The molecule has 3 aliphatic heterocycles. The minimum absolute atomic E-state index is 0.0221. The maximum atomic E-state index is 12.9. The van der Waals surface area contributed by atoms with Gasteiger partial charge in [0.05, 0.1) is 35.8 Å². The number of carbonyl (C=O) groups excluding carboxylic acids is 1. The summed E-state index contributed by atoms with van der Waals surface area (Å²) in [5.41, 5.74) is 7.20. The van der Waals surface area contributed by atoms with Gasteiger partial charge in [-0.1, -0.05) is 71.3 Å². The van der Waals surface area contributed by atoms with E-state index in [1.165, 1.54) is 39.0 Å². The van der Waals surface area contributed by atoms with Gasteiger partial charge in [0, 0.05) is 61.7 Å². The third-order valence-electron chi connectivity index (χ3n) is 15.6. The molecule has 3 fully saturated rings. The molecule has 342 valence electrons. The number of phenols is 1. The normalized spacial score (nSPS) is 37.9. The fraction of sp³-hybridized carbons (Fsp3) is 0.750. The number of nitrogens with one attached hydrogen (secondary N) is 3. The minimum atomic E-state index is -1.03. The molecule has 1 aromatic carbocycles. The van der Waals surface area contributed by atoms with Crippen LogP contribution in [0.2, 0.25) is 0 Å². The van der Waals surface area contributed by atoms with E-state index in [0.717, 1.165) is 81.6 Å². The molecule has 12 nitrogen and oxygen atoms in total. The maximum absolute atomic E-state index is 12.9. The Bertz CT molecular complexity index is 1870. The number of hydrogen-bond donors (Lipinski definition) is 8. The fourth-order valence-corrected chi connectivity index (χ4v) is 15.0. The Labute approximate surface area is 376 Å². The van der Waals surface area contributed by atoms with Gasteiger partial charge < -0.3 is 51.6 Å². The number of guanidine groups is 1. The van der Waals surface area contributed by atoms with Crippen LogP contribution in [0.25, 0.3) is 0 Å².